The number of carbonyl (C=O) groups is 1. The maximum atomic E-state index is 13.1. The van der Waals surface area contributed by atoms with Gasteiger partial charge in [0.1, 0.15) is 0 Å². The molecule has 2 aliphatic rings. The number of amides is 1. The molecule has 1 aromatic rings. The molecule has 5 heteroatoms. The van der Waals surface area contributed by atoms with Crippen LogP contribution in [-0.2, 0) is 13.0 Å². The Morgan fingerprint density at radius 2 is 2.08 bits per heavy atom. The third kappa shape index (κ3) is 3.47. The van der Waals surface area contributed by atoms with Crippen LogP contribution in [0.1, 0.15) is 40.7 Å². The van der Waals surface area contributed by atoms with Gasteiger partial charge in [0.15, 0.2) is 0 Å². The zero-order chi connectivity index (χ0) is 18.0. The molecule has 0 N–H and O–H groups in total. The molecule has 25 heavy (non-hydrogen) atoms. The van der Waals surface area contributed by atoms with E-state index >= 15 is 0 Å². The lowest BCUT2D eigenvalue weighted by atomic mass is 10.0. The minimum absolute atomic E-state index is 0.0183. The molecule has 1 saturated heterocycles. The summed E-state index contributed by atoms with van der Waals surface area (Å²) in [5.74, 6) is 0.0485. The Labute approximate surface area is 149 Å². The van der Waals surface area contributed by atoms with Gasteiger partial charge in [-0.25, -0.2) is 0 Å². The number of piperidine rings is 1. The number of likely N-dealkylation sites (tertiary alicyclic amines) is 1. The number of aromatic nitrogens is 1. The fourth-order valence-corrected chi connectivity index (χ4v) is 3.74. The number of pyridine rings is 1. The molecule has 134 valence electrons. The van der Waals surface area contributed by atoms with Crippen LogP contribution in [0.5, 0.6) is 0 Å². The fraction of sp³-hybridized carbons (Fsp3) is 0.500. The molecule has 1 aliphatic heterocycles. The minimum Gasteiger partial charge on any atom is -0.338 e. The standard InChI is InChI=1S/C20H27N3O2/c1-4-5-11-23-14-18(16-7-6-8-17(16)19(23)24)20(25)22-12-9-15(10-13-22)21(2)3/h4,6-7,14-15H,1,5,8-13H2,2-3H3. The number of rotatable bonds is 5. The average Bonchev–Trinajstić information content (AvgIpc) is 3.11. The van der Waals surface area contributed by atoms with Crippen molar-refractivity contribution >= 4 is 12.0 Å². The van der Waals surface area contributed by atoms with E-state index in [1.165, 1.54) is 0 Å². The molecule has 1 aliphatic carbocycles. The minimum atomic E-state index is 0.0183. The first-order chi connectivity index (χ1) is 12.0. The Kier molecular flexibility index (Phi) is 5.23. The molecule has 0 radical (unpaired) electrons. The molecule has 5 nitrogen and oxygen atoms in total. The number of hydrogen-bond acceptors (Lipinski definition) is 3. The van der Waals surface area contributed by atoms with Gasteiger partial charge in [-0.05, 0) is 45.3 Å². The van der Waals surface area contributed by atoms with E-state index in [0.29, 0.717) is 31.0 Å². The van der Waals surface area contributed by atoms with Gasteiger partial charge in [0.2, 0.25) is 0 Å². The number of allylic oxidation sites excluding steroid dienone is 2. The van der Waals surface area contributed by atoms with E-state index in [0.717, 1.165) is 37.1 Å². The van der Waals surface area contributed by atoms with Crippen LogP contribution in [0.2, 0.25) is 0 Å². The van der Waals surface area contributed by atoms with Crippen molar-refractivity contribution in [2.24, 2.45) is 0 Å². The number of aryl methyl sites for hydroxylation is 1. The Hall–Kier alpha value is -2.14. The van der Waals surface area contributed by atoms with Gasteiger partial charge in [0.05, 0.1) is 5.56 Å². The van der Waals surface area contributed by atoms with E-state index in [4.69, 9.17) is 0 Å². The Bertz CT molecular complexity index is 753. The van der Waals surface area contributed by atoms with Crippen molar-refractivity contribution in [2.75, 3.05) is 27.2 Å². The zero-order valence-corrected chi connectivity index (χ0v) is 15.2. The van der Waals surface area contributed by atoms with Crippen LogP contribution in [0.15, 0.2) is 29.7 Å². The maximum absolute atomic E-state index is 13.1. The summed E-state index contributed by atoms with van der Waals surface area (Å²) in [6, 6.07) is 0.538. The average molecular weight is 341 g/mol. The van der Waals surface area contributed by atoms with Crippen LogP contribution in [0.3, 0.4) is 0 Å². The lowest BCUT2D eigenvalue weighted by Crippen LogP contribution is -2.45. The van der Waals surface area contributed by atoms with Gasteiger partial charge in [-0.1, -0.05) is 18.2 Å². The molecular formula is C20H27N3O2. The van der Waals surface area contributed by atoms with Gasteiger partial charge in [0.25, 0.3) is 11.5 Å². The van der Waals surface area contributed by atoms with Gasteiger partial charge in [0, 0.05) is 37.4 Å². The smallest absolute Gasteiger partial charge is 0.255 e. The summed E-state index contributed by atoms with van der Waals surface area (Å²) >= 11 is 0. The summed E-state index contributed by atoms with van der Waals surface area (Å²) in [5, 5.41) is 0. The van der Waals surface area contributed by atoms with Crippen molar-refractivity contribution in [3.8, 4) is 0 Å². The van der Waals surface area contributed by atoms with Crippen molar-refractivity contribution in [1.82, 2.24) is 14.4 Å². The molecule has 3 rings (SSSR count). The number of fused-ring (bicyclic) bond motifs is 1. The van der Waals surface area contributed by atoms with E-state index in [-0.39, 0.29) is 11.5 Å². The first-order valence-corrected chi connectivity index (χ1v) is 9.02. The monoisotopic (exact) mass is 341 g/mol. The molecule has 0 unspecified atom stereocenters. The predicted molar refractivity (Wildman–Crippen MR) is 101 cm³/mol. The van der Waals surface area contributed by atoms with Crippen molar-refractivity contribution in [1.29, 1.82) is 0 Å². The molecule has 1 fully saturated rings. The van der Waals surface area contributed by atoms with Crippen LogP contribution >= 0.6 is 0 Å². The molecule has 0 aromatic carbocycles. The van der Waals surface area contributed by atoms with Crippen molar-refractivity contribution in [3.63, 3.8) is 0 Å². The predicted octanol–water partition coefficient (Wildman–Crippen LogP) is 2.16. The number of nitrogens with zero attached hydrogens (tertiary/aromatic N) is 3. The molecule has 0 spiro atoms. The summed E-state index contributed by atoms with van der Waals surface area (Å²) in [6.07, 6.45) is 10.8. The second-order valence-corrected chi connectivity index (χ2v) is 7.10. The van der Waals surface area contributed by atoms with E-state index in [2.05, 4.69) is 25.6 Å². The normalized spacial score (nSPS) is 17.2. The lowest BCUT2D eigenvalue weighted by molar-refractivity contribution is 0.0662. The lowest BCUT2D eigenvalue weighted by Gasteiger charge is -2.35. The molecule has 0 atom stereocenters. The largest absolute Gasteiger partial charge is 0.338 e. The third-order valence-electron chi connectivity index (χ3n) is 5.31. The van der Waals surface area contributed by atoms with Gasteiger partial charge >= 0.3 is 0 Å². The second-order valence-electron chi connectivity index (χ2n) is 7.10. The quantitative estimate of drug-likeness (QED) is 0.771. The number of carbonyl (C=O) groups excluding carboxylic acids is 1. The molecule has 1 amide bonds. The topological polar surface area (TPSA) is 45.6 Å². The SMILES string of the molecule is C=CCCn1cc(C(=O)N2CCC(N(C)C)CC2)c2c(c1=O)CC=C2. The number of hydrogen-bond donors (Lipinski definition) is 0. The van der Waals surface area contributed by atoms with E-state index in [1.807, 2.05) is 17.1 Å². The van der Waals surface area contributed by atoms with E-state index in [1.54, 1.807) is 16.8 Å². The molecule has 0 saturated carbocycles. The summed E-state index contributed by atoms with van der Waals surface area (Å²) in [4.78, 5) is 29.9. The highest BCUT2D eigenvalue weighted by molar-refractivity contribution is 5.98. The molecule has 2 heterocycles. The van der Waals surface area contributed by atoms with Crippen molar-refractivity contribution in [3.05, 3.63) is 52.0 Å². The van der Waals surface area contributed by atoms with Crippen LogP contribution in [0.4, 0.5) is 0 Å². The molecule has 1 aromatic heterocycles. The highest BCUT2D eigenvalue weighted by Gasteiger charge is 2.28. The summed E-state index contributed by atoms with van der Waals surface area (Å²) < 4.78 is 1.67. The first kappa shape index (κ1) is 17.7. The second kappa shape index (κ2) is 7.40. The summed E-state index contributed by atoms with van der Waals surface area (Å²) in [5.41, 5.74) is 2.25. The maximum Gasteiger partial charge on any atom is 0.255 e. The van der Waals surface area contributed by atoms with Gasteiger partial charge in [-0.15, -0.1) is 6.58 Å². The fourth-order valence-electron chi connectivity index (χ4n) is 3.74. The Morgan fingerprint density at radius 3 is 2.72 bits per heavy atom. The third-order valence-corrected chi connectivity index (χ3v) is 5.31. The Balaban J connectivity index is 1.87. The van der Waals surface area contributed by atoms with E-state index < -0.39 is 0 Å². The first-order valence-electron chi connectivity index (χ1n) is 9.02. The van der Waals surface area contributed by atoms with Crippen LogP contribution in [-0.4, -0.2) is 53.5 Å². The van der Waals surface area contributed by atoms with Gasteiger partial charge in [-0.3, -0.25) is 9.59 Å². The van der Waals surface area contributed by atoms with Crippen LogP contribution in [0.25, 0.3) is 6.08 Å². The van der Waals surface area contributed by atoms with Gasteiger partial charge < -0.3 is 14.4 Å². The highest BCUT2D eigenvalue weighted by Crippen LogP contribution is 2.24. The Morgan fingerprint density at radius 1 is 1.36 bits per heavy atom. The molecule has 0 bridgehead atoms. The van der Waals surface area contributed by atoms with E-state index in [9.17, 15) is 9.59 Å². The zero-order valence-electron chi connectivity index (χ0n) is 15.2. The summed E-state index contributed by atoms with van der Waals surface area (Å²) in [7, 11) is 4.19. The van der Waals surface area contributed by atoms with Crippen molar-refractivity contribution < 1.29 is 4.79 Å². The molecular weight excluding hydrogens is 314 g/mol. The van der Waals surface area contributed by atoms with Crippen LogP contribution < -0.4 is 5.56 Å². The summed E-state index contributed by atoms with van der Waals surface area (Å²) in [6.45, 7) is 5.83. The van der Waals surface area contributed by atoms with Crippen molar-refractivity contribution in [2.45, 2.75) is 38.3 Å². The van der Waals surface area contributed by atoms with Crippen LogP contribution in [0, 0.1) is 0 Å². The highest BCUT2D eigenvalue weighted by atomic mass is 16.2. The van der Waals surface area contributed by atoms with Gasteiger partial charge in [-0.2, -0.15) is 0 Å².